The van der Waals surface area contributed by atoms with Crippen molar-refractivity contribution in [3.63, 3.8) is 0 Å². The number of benzene rings is 1. The Morgan fingerprint density at radius 3 is 2.17 bits per heavy atom. The lowest BCUT2D eigenvalue weighted by atomic mass is 9.97. The summed E-state index contributed by atoms with van der Waals surface area (Å²) < 4.78 is 5.81. The van der Waals surface area contributed by atoms with Gasteiger partial charge in [-0.25, -0.2) is 0 Å². The summed E-state index contributed by atoms with van der Waals surface area (Å²) in [5, 5.41) is 3.40. The van der Waals surface area contributed by atoms with Gasteiger partial charge in [-0.3, -0.25) is 0 Å². The van der Waals surface area contributed by atoms with Crippen LogP contribution < -0.4 is 5.32 Å². The molecule has 0 heterocycles. The third-order valence-electron chi connectivity index (χ3n) is 3.34. The Labute approximate surface area is 112 Å². The number of nitrogens with one attached hydrogen (secondary N) is 1. The fraction of sp³-hybridized carbons (Fsp3) is 0.625. The van der Waals surface area contributed by atoms with Crippen LogP contribution in [-0.4, -0.2) is 25.8 Å². The first kappa shape index (κ1) is 15.2. The van der Waals surface area contributed by atoms with Crippen LogP contribution in [0.1, 0.15) is 37.0 Å². The van der Waals surface area contributed by atoms with Gasteiger partial charge >= 0.3 is 0 Å². The summed E-state index contributed by atoms with van der Waals surface area (Å²) in [4.78, 5) is 0. The minimum atomic E-state index is 0.292. The number of hydrogen-bond donors (Lipinski definition) is 1. The van der Waals surface area contributed by atoms with Crippen molar-refractivity contribution in [2.24, 2.45) is 0 Å². The molecule has 0 amide bonds. The lowest BCUT2D eigenvalue weighted by molar-refractivity contribution is 0.0339. The maximum absolute atomic E-state index is 5.81. The van der Waals surface area contributed by atoms with Crippen LogP contribution in [0.3, 0.4) is 0 Å². The highest BCUT2D eigenvalue weighted by Gasteiger charge is 2.19. The van der Waals surface area contributed by atoms with E-state index in [1.54, 1.807) is 0 Å². The SMILES string of the molecule is CCOC(CC)C(Cc1cc(C)cc(C)c1)NC. The van der Waals surface area contributed by atoms with E-state index in [0.29, 0.717) is 12.1 Å². The molecule has 0 aromatic heterocycles. The minimum Gasteiger partial charge on any atom is -0.377 e. The van der Waals surface area contributed by atoms with E-state index in [1.807, 2.05) is 7.05 Å². The number of aryl methyl sites for hydroxylation is 2. The fourth-order valence-electron chi connectivity index (χ4n) is 2.59. The van der Waals surface area contributed by atoms with Crippen molar-refractivity contribution in [1.29, 1.82) is 0 Å². The Morgan fingerprint density at radius 2 is 1.72 bits per heavy atom. The summed E-state index contributed by atoms with van der Waals surface area (Å²) in [5.74, 6) is 0. The maximum atomic E-state index is 5.81. The monoisotopic (exact) mass is 249 g/mol. The second kappa shape index (κ2) is 7.55. The van der Waals surface area contributed by atoms with E-state index < -0.39 is 0 Å². The van der Waals surface area contributed by atoms with Crippen LogP contribution in [0, 0.1) is 13.8 Å². The summed E-state index contributed by atoms with van der Waals surface area (Å²) in [6.07, 6.45) is 2.36. The van der Waals surface area contributed by atoms with Crippen LogP contribution in [-0.2, 0) is 11.2 Å². The van der Waals surface area contributed by atoms with E-state index in [-0.39, 0.29) is 0 Å². The number of rotatable bonds is 7. The van der Waals surface area contributed by atoms with Crippen molar-refractivity contribution < 1.29 is 4.74 Å². The molecule has 1 aromatic carbocycles. The molecule has 0 saturated heterocycles. The van der Waals surface area contributed by atoms with Gasteiger partial charge in [0.25, 0.3) is 0 Å². The highest BCUT2D eigenvalue weighted by Crippen LogP contribution is 2.14. The predicted octanol–water partition coefficient (Wildman–Crippen LogP) is 3.25. The normalized spacial score (nSPS) is 14.5. The van der Waals surface area contributed by atoms with E-state index in [1.165, 1.54) is 16.7 Å². The van der Waals surface area contributed by atoms with Crippen molar-refractivity contribution >= 4 is 0 Å². The van der Waals surface area contributed by atoms with Crippen LogP contribution in [0.25, 0.3) is 0 Å². The molecule has 2 heteroatoms. The van der Waals surface area contributed by atoms with Crippen LogP contribution in [0.2, 0.25) is 0 Å². The van der Waals surface area contributed by atoms with Gasteiger partial charge in [0.15, 0.2) is 0 Å². The third kappa shape index (κ3) is 4.43. The van der Waals surface area contributed by atoms with Gasteiger partial charge in [0, 0.05) is 12.6 Å². The van der Waals surface area contributed by atoms with Crippen LogP contribution >= 0.6 is 0 Å². The Hall–Kier alpha value is -0.860. The molecule has 0 radical (unpaired) electrons. The lowest BCUT2D eigenvalue weighted by Crippen LogP contribution is -2.40. The Bertz CT molecular complexity index is 342. The van der Waals surface area contributed by atoms with E-state index in [9.17, 15) is 0 Å². The number of ether oxygens (including phenoxy) is 1. The van der Waals surface area contributed by atoms with E-state index in [4.69, 9.17) is 4.74 Å². The maximum Gasteiger partial charge on any atom is 0.0728 e. The standard InChI is InChI=1S/C16H27NO/c1-6-16(18-7-2)15(17-5)11-14-9-12(3)8-13(4)10-14/h8-10,15-17H,6-7,11H2,1-5H3. The summed E-state index contributed by atoms with van der Waals surface area (Å²) in [6, 6.07) is 7.15. The molecule has 2 nitrogen and oxygen atoms in total. The lowest BCUT2D eigenvalue weighted by Gasteiger charge is -2.26. The van der Waals surface area contributed by atoms with Crippen LogP contribution in [0.5, 0.6) is 0 Å². The largest absolute Gasteiger partial charge is 0.377 e. The van der Waals surface area contributed by atoms with Crippen LogP contribution in [0.15, 0.2) is 18.2 Å². The van der Waals surface area contributed by atoms with E-state index >= 15 is 0 Å². The van der Waals surface area contributed by atoms with Gasteiger partial charge in [-0.15, -0.1) is 0 Å². The number of likely N-dealkylation sites (N-methyl/N-ethyl adjacent to an activating group) is 1. The van der Waals surface area contributed by atoms with E-state index in [2.05, 4.69) is 51.2 Å². The molecular formula is C16H27NO. The second-order valence-electron chi connectivity index (χ2n) is 5.00. The zero-order valence-electron chi connectivity index (χ0n) is 12.4. The topological polar surface area (TPSA) is 21.3 Å². The number of hydrogen-bond acceptors (Lipinski definition) is 2. The molecule has 2 atom stereocenters. The highest BCUT2D eigenvalue weighted by atomic mass is 16.5. The van der Waals surface area contributed by atoms with Gasteiger partial charge in [0.05, 0.1) is 6.10 Å². The molecule has 0 fully saturated rings. The smallest absolute Gasteiger partial charge is 0.0728 e. The van der Waals surface area contributed by atoms with Crippen molar-refractivity contribution in [2.45, 2.75) is 52.7 Å². The molecule has 2 unspecified atom stereocenters. The summed E-state index contributed by atoms with van der Waals surface area (Å²) in [5.41, 5.74) is 4.07. The molecule has 102 valence electrons. The van der Waals surface area contributed by atoms with Gasteiger partial charge in [0.2, 0.25) is 0 Å². The fourth-order valence-corrected chi connectivity index (χ4v) is 2.59. The molecule has 0 bridgehead atoms. The first-order chi connectivity index (χ1) is 8.60. The van der Waals surface area contributed by atoms with Crippen molar-refractivity contribution in [3.8, 4) is 0 Å². The van der Waals surface area contributed by atoms with Gasteiger partial charge in [0.1, 0.15) is 0 Å². The van der Waals surface area contributed by atoms with Crippen molar-refractivity contribution in [2.75, 3.05) is 13.7 Å². The minimum absolute atomic E-state index is 0.292. The average Bonchev–Trinajstić information content (AvgIpc) is 2.32. The highest BCUT2D eigenvalue weighted by molar-refractivity contribution is 5.29. The molecular weight excluding hydrogens is 222 g/mol. The van der Waals surface area contributed by atoms with Gasteiger partial charge in [-0.05, 0) is 46.2 Å². The summed E-state index contributed by atoms with van der Waals surface area (Å²) in [7, 11) is 2.02. The molecule has 1 aromatic rings. The molecule has 0 saturated carbocycles. The van der Waals surface area contributed by atoms with Gasteiger partial charge in [-0.1, -0.05) is 36.2 Å². The average molecular weight is 249 g/mol. The first-order valence-electron chi connectivity index (χ1n) is 6.96. The van der Waals surface area contributed by atoms with Gasteiger partial charge < -0.3 is 10.1 Å². The Balaban J connectivity index is 2.77. The van der Waals surface area contributed by atoms with Crippen molar-refractivity contribution in [1.82, 2.24) is 5.32 Å². The zero-order chi connectivity index (χ0) is 13.5. The molecule has 0 aliphatic heterocycles. The second-order valence-corrected chi connectivity index (χ2v) is 5.00. The first-order valence-corrected chi connectivity index (χ1v) is 6.96. The molecule has 18 heavy (non-hydrogen) atoms. The quantitative estimate of drug-likeness (QED) is 0.801. The molecule has 1 rings (SSSR count). The van der Waals surface area contributed by atoms with E-state index in [0.717, 1.165) is 19.4 Å². The molecule has 1 N–H and O–H groups in total. The molecule has 0 aliphatic carbocycles. The van der Waals surface area contributed by atoms with Crippen LogP contribution in [0.4, 0.5) is 0 Å². The van der Waals surface area contributed by atoms with Gasteiger partial charge in [-0.2, -0.15) is 0 Å². The zero-order valence-corrected chi connectivity index (χ0v) is 12.4. The summed E-state index contributed by atoms with van der Waals surface area (Å²) in [6.45, 7) is 9.34. The molecule has 0 aliphatic rings. The predicted molar refractivity (Wildman–Crippen MR) is 78.2 cm³/mol. The Morgan fingerprint density at radius 1 is 1.11 bits per heavy atom. The van der Waals surface area contributed by atoms with Crippen molar-refractivity contribution in [3.05, 3.63) is 34.9 Å². The summed E-state index contributed by atoms with van der Waals surface area (Å²) >= 11 is 0. The Kier molecular flexibility index (Phi) is 6.37. The molecule has 0 spiro atoms. The third-order valence-corrected chi connectivity index (χ3v) is 3.34.